The predicted molar refractivity (Wildman–Crippen MR) is 94.0 cm³/mol. The molecule has 0 radical (unpaired) electrons. The molecule has 2 bridgehead atoms. The highest BCUT2D eigenvalue weighted by Gasteiger charge is 2.39. The third-order valence-corrected chi connectivity index (χ3v) is 5.29. The third-order valence-electron chi connectivity index (χ3n) is 5.29. The molecule has 24 heavy (non-hydrogen) atoms. The molecule has 0 aliphatic carbocycles. The molecule has 0 fully saturated rings. The van der Waals surface area contributed by atoms with E-state index in [1.807, 2.05) is 24.5 Å². The Morgan fingerprint density at radius 2 is 2.08 bits per heavy atom. The van der Waals surface area contributed by atoms with Crippen molar-refractivity contribution in [3.8, 4) is 11.5 Å². The number of benzene rings is 2. The van der Waals surface area contributed by atoms with Gasteiger partial charge in [0.15, 0.2) is 6.23 Å². The smallest absolute Gasteiger partial charge is 0.173 e. The maximum absolute atomic E-state index is 6.41. The number of fused-ring (bicyclic) bond motifs is 8. The van der Waals surface area contributed by atoms with Crippen LogP contribution in [0.5, 0.6) is 11.5 Å². The molecular formula is C20H18N2O2. The highest BCUT2D eigenvalue weighted by molar-refractivity contribution is 5.90. The molecule has 2 aromatic carbocycles. The first-order chi connectivity index (χ1) is 11.8. The lowest BCUT2D eigenvalue weighted by atomic mass is 9.80. The van der Waals surface area contributed by atoms with E-state index in [1.165, 1.54) is 16.8 Å². The normalized spacial score (nSPS) is 21.0. The summed E-state index contributed by atoms with van der Waals surface area (Å²) in [5.41, 5.74) is 3.79. The number of hydrogen-bond donors (Lipinski definition) is 0. The average molecular weight is 318 g/mol. The summed E-state index contributed by atoms with van der Waals surface area (Å²) in [5.74, 6) is 2.23. The van der Waals surface area contributed by atoms with Gasteiger partial charge in [0, 0.05) is 53.8 Å². The van der Waals surface area contributed by atoms with E-state index in [0.29, 0.717) is 5.92 Å². The topological polar surface area (TPSA) is 34.6 Å². The van der Waals surface area contributed by atoms with E-state index in [4.69, 9.17) is 9.47 Å². The number of hydrogen-bond acceptors (Lipinski definition) is 4. The summed E-state index contributed by atoms with van der Waals surface area (Å²) in [6.45, 7) is 0. The summed E-state index contributed by atoms with van der Waals surface area (Å²) in [6, 6.07) is 12.7. The number of anilines is 1. The number of nitrogens with zero attached hydrogens (tertiary/aromatic N) is 2. The molecule has 1 aromatic heterocycles. The summed E-state index contributed by atoms with van der Waals surface area (Å²) in [5, 5.41) is 2.25. The van der Waals surface area contributed by atoms with Crippen LogP contribution in [0.1, 0.15) is 23.5 Å². The SMILES string of the molecule is COc1ccc2c(c1)C1CC(Oc3c1ccc1cnccc31)N2C. The van der Waals surface area contributed by atoms with Crippen LogP contribution in [0, 0.1) is 0 Å². The lowest BCUT2D eigenvalue weighted by molar-refractivity contribution is 0.160. The van der Waals surface area contributed by atoms with Crippen LogP contribution < -0.4 is 14.4 Å². The summed E-state index contributed by atoms with van der Waals surface area (Å²) in [4.78, 5) is 6.46. The Hall–Kier alpha value is -2.75. The highest BCUT2D eigenvalue weighted by Crippen LogP contribution is 2.50. The molecule has 2 aliphatic heterocycles. The van der Waals surface area contributed by atoms with Crippen molar-refractivity contribution < 1.29 is 9.47 Å². The van der Waals surface area contributed by atoms with Crippen LogP contribution >= 0.6 is 0 Å². The Morgan fingerprint density at radius 3 is 2.96 bits per heavy atom. The molecule has 0 spiro atoms. The number of pyridine rings is 1. The van der Waals surface area contributed by atoms with E-state index in [2.05, 4.69) is 41.2 Å². The van der Waals surface area contributed by atoms with Crippen LogP contribution in [0.3, 0.4) is 0 Å². The molecule has 0 N–H and O–H groups in total. The van der Waals surface area contributed by atoms with Crippen LogP contribution in [0.4, 0.5) is 5.69 Å². The van der Waals surface area contributed by atoms with Gasteiger partial charge in [-0.2, -0.15) is 0 Å². The Morgan fingerprint density at radius 1 is 1.17 bits per heavy atom. The zero-order chi connectivity index (χ0) is 16.3. The Bertz CT molecular complexity index is 954. The molecule has 2 atom stereocenters. The quantitative estimate of drug-likeness (QED) is 0.681. The Kier molecular flexibility index (Phi) is 2.77. The summed E-state index contributed by atoms with van der Waals surface area (Å²) in [7, 11) is 3.82. The van der Waals surface area contributed by atoms with E-state index < -0.39 is 0 Å². The fourth-order valence-corrected chi connectivity index (χ4v) is 4.02. The molecule has 0 saturated heterocycles. The first-order valence-corrected chi connectivity index (χ1v) is 8.20. The van der Waals surface area contributed by atoms with Gasteiger partial charge in [-0.25, -0.2) is 0 Å². The van der Waals surface area contributed by atoms with Crippen LogP contribution in [-0.4, -0.2) is 25.4 Å². The fraction of sp³-hybridized carbons (Fsp3) is 0.250. The summed E-state index contributed by atoms with van der Waals surface area (Å²) < 4.78 is 11.9. The van der Waals surface area contributed by atoms with Gasteiger partial charge < -0.3 is 14.4 Å². The van der Waals surface area contributed by atoms with Crippen molar-refractivity contribution in [3.63, 3.8) is 0 Å². The molecule has 4 heteroatoms. The van der Waals surface area contributed by atoms with Gasteiger partial charge in [-0.1, -0.05) is 12.1 Å². The van der Waals surface area contributed by atoms with Gasteiger partial charge in [-0.15, -0.1) is 0 Å². The van der Waals surface area contributed by atoms with Gasteiger partial charge in [0.25, 0.3) is 0 Å². The molecule has 2 unspecified atom stereocenters. The minimum absolute atomic E-state index is 0.0576. The van der Waals surface area contributed by atoms with Gasteiger partial charge in [0.05, 0.1) is 7.11 Å². The maximum atomic E-state index is 6.41. The van der Waals surface area contributed by atoms with E-state index in [0.717, 1.165) is 28.7 Å². The number of rotatable bonds is 1. The molecular weight excluding hydrogens is 300 g/mol. The molecule has 2 aliphatic rings. The first kappa shape index (κ1) is 13.7. The van der Waals surface area contributed by atoms with Crippen molar-refractivity contribution in [2.75, 3.05) is 19.1 Å². The van der Waals surface area contributed by atoms with Crippen LogP contribution in [0.25, 0.3) is 10.8 Å². The van der Waals surface area contributed by atoms with Gasteiger partial charge >= 0.3 is 0 Å². The van der Waals surface area contributed by atoms with Crippen molar-refractivity contribution in [1.29, 1.82) is 0 Å². The number of aromatic nitrogens is 1. The molecule has 3 heterocycles. The van der Waals surface area contributed by atoms with Crippen LogP contribution in [-0.2, 0) is 0 Å². The second-order valence-electron chi connectivity index (χ2n) is 6.48. The molecule has 0 saturated carbocycles. The van der Waals surface area contributed by atoms with E-state index >= 15 is 0 Å². The van der Waals surface area contributed by atoms with Crippen molar-refractivity contribution in [2.24, 2.45) is 0 Å². The molecule has 120 valence electrons. The van der Waals surface area contributed by atoms with E-state index in [-0.39, 0.29) is 6.23 Å². The van der Waals surface area contributed by atoms with Crippen molar-refractivity contribution in [3.05, 3.63) is 59.9 Å². The average Bonchev–Trinajstić information content (AvgIpc) is 2.65. The lowest BCUT2D eigenvalue weighted by Crippen LogP contribution is -2.44. The van der Waals surface area contributed by atoms with Crippen LogP contribution in [0.2, 0.25) is 0 Å². The number of ether oxygens (including phenoxy) is 2. The van der Waals surface area contributed by atoms with Crippen molar-refractivity contribution in [1.82, 2.24) is 4.98 Å². The monoisotopic (exact) mass is 318 g/mol. The standard InChI is InChI=1S/C20H18N2O2/c1-22-18-6-4-13(23-2)9-17(18)16-10-19(22)24-20-14-7-8-21-11-12(14)3-5-15(16)20/h3-9,11,16,19H,10H2,1-2H3. The zero-order valence-corrected chi connectivity index (χ0v) is 13.7. The Balaban J connectivity index is 1.77. The highest BCUT2D eigenvalue weighted by atomic mass is 16.5. The van der Waals surface area contributed by atoms with Gasteiger partial charge in [0.1, 0.15) is 11.5 Å². The van der Waals surface area contributed by atoms with Crippen molar-refractivity contribution in [2.45, 2.75) is 18.6 Å². The minimum Gasteiger partial charge on any atom is -0.497 e. The second-order valence-corrected chi connectivity index (χ2v) is 6.48. The largest absolute Gasteiger partial charge is 0.497 e. The fourth-order valence-electron chi connectivity index (χ4n) is 4.02. The predicted octanol–water partition coefficient (Wildman–Crippen LogP) is 3.93. The molecule has 5 rings (SSSR count). The van der Waals surface area contributed by atoms with E-state index in [1.54, 1.807) is 7.11 Å². The van der Waals surface area contributed by atoms with Gasteiger partial charge in [-0.3, -0.25) is 4.98 Å². The number of methoxy groups -OCH3 is 1. The Labute approximate surface area is 140 Å². The molecule has 0 amide bonds. The first-order valence-electron chi connectivity index (χ1n) is 8.20. The van der Waals surface area contributed by atoms with E-state index in [9.17, 15) is 0 Å². The lowest BCUT2D eigenvalue weighted by Gasteiger charge is -2.44. The molecule has 4 nitrogen and oxygen atoms in total. The van der Waals surface area contributed by atoms with Gasteiger partial charge in [-0.05, 0) is 29.8 Å². The third kappa shape index (κ3) is 1.77. The van der Waals surface area contributed by atoms with Gasteiger partial charge in [0.2, 0.25) is 0 Å². The van der Waals surface area contributed by atoms with Crippen LogP contribution in [0.15, 0.2) is 48.8 Å². The second kappa shape index (κ2) is 4.87. The maximum Gasteiger partial charge on any atom is 0.173 e. The molecule has 3 aromatic rings. The van der Waals surface area contributed by atoms with Crippen molar-refractivity contribution >= 4 is 16.5 Å². The summed E-state index contributed by atoms with van der Waals surface area (Å²) >= 11 is 0. The minimum atomic E-state index is 0.0576. The summed E-state index contributed by atoms with van der Waals surface area (Å²) in [6.07, 6.45) is 4.74. The zero-order valence-electron chi connectivity index (χ0n) is 13.7.